The van der Waals surface area contributed by atoms with Crippen LogP contribution in [0.25, 0.3) is 11.8 Å². The molecule has 2 aliphatic rings. The smallest absolute Gasteiger partial charge is 0.340 e. The van der Waals surface area contributed by atoms with Crippen LogP contribution >= 0.6 is 0 Å². The number of carbonyl (C=O) groups is 4. The van der Waals surface area contributed by atoms with Crippen molar-refractivity contribution in [3.8, 4) is 0 Å². The predicted octanol–water partition coefficient (Wildman–Crippen LogP) is 1.05. The predicted molar refractivity (Wildman–Crippen MR) is 103 cm³/mol. The van der Waals surface area contributed by atoms with Gasteiger partial charge in [-0.15, -0.1) is 0 Å². The molecule has 0 bridgehead atoms. The molecule has 1 aromatic rings. The monoisotopic (exact) mass is 413 g/mol. The maximum Gasteiger partial charge on any atom is 0.340 e. The Morgan fingerprint density at radius 1 is 0.800 bits per heavy atom. The van der Waals surface area contributed by atoms with Crippen molar-refractivity contribution in [2.75, 3.05) is 28.4 Å². The average molecular weight is 413 g/mol. The van der Waals surface area contributed by atoms with E-state index < -0.39 is 35.5 Å². The highest BCUT2D eigenvalue weighted by Crippen LogP contribution is 2.43. The van der Waals surface area contributed by atoms with Crippen LogP contribution in [0.3, 0.4) is 0 Å². The van der Waals surface area contributed by atoms with Gasteiger partial charge < -0.3 is 23.8 Å². The molecular weight excluding hydrogens is 394 g/mol. The molecule has 30 heavy (non-hydrogen) atoms. The van der Waals surface area contributed by atoms with Crippen LogP contribution < -0.4 is 0 Å². The van der Waals surface area contributed by atoms with Crippen LogP contribution in [0.4, 0.5) is 0 Å². The zero-order valence-corrected chi connectivity index (χ0v) is 16.8. The normalized spacial score (nSPS) is 17.1. The van der Waals surface area contributed by atoms with Crippen molar-refractivity contribution in [3.05, 3.63) is 58.3 Å². The standard InChI is InChI=1S/C21H19NO8/c1-27-18(23)13-14(19(24)28-2)16-12-8-6-5-7-11(12)9-10-22(16)17(21(26)30-4)15(13)20(25)29-3/h5-10,17H,1-4H3. The number of hydrogen-bond acceptors (Lipinski definition) is 9. The Hall–Kier alpha value is -3.88. The fourth-order valence-corrected chi connectivity index (χ4v) is 3.52. The fraction of sp³-hybridized carbons (Fsp3) is 0.238. The van der Waals surface area contributed by atoms with Crippen LogP contribution in [0.2, 0.25) is 0 Å². The van der Waals surface area contributed by atoms with Gasteiger partial charge >= 0.3 is 23.9 Å². The largest absolute Gasteiger partial charge is 0.467 e. The number of ether oxygens (including phenoxy) is 4. The molecule has 1 unspecified atom stereocenters. The van der Waals surface area contributed by atoms with E-state index in [0.717, 1.165) is 34.0 Å². The van der Waals surface area contributed by atoms with Gasteiger partial charge in [0.25, 0.3) is 0 Å². The van der Waals surface area contributed by atoms with Crippen LogP contribution in [-0.4, -0.2) is 63.3 Å². The summed E-state index contributed by atoms with van der Waals surface area (Å²) in [7, 11) is 4.48. The van der Waals surface area contributed by atoms with Gasteiger partial charge in [0.1, 0.15) is 0 Å². The van der Waals surface area contributed by atoms with Gasteiger partial charge in [0.2, 0.25) is 0 Å². The molecule has 9 heteroatoms. The summed E-state index contributed by atoms with van der Waals surface area (Å²) in [5.74, 6) is -3.70. The van der Waals surface area contributed by atoms with Crippen molar-refractivity contribution in [1.29, 1.82) is 0 Å². The van der Waals surface area contributed by atoms with Gasteiger partial charge in [-0.2, -0.15) is 0 Å². The second-order valence-corrected chi connectivity index (χ2v) is 6.22. The summed E-state index contributed by atoms with van der Waals surface area (Å²) >= 11 is 0. The number of nitrogens with zero attached hydrogens (tertiary/aromatic N) is 1. The number of fused-ring (bicyclic) bond motifs is 3. The first-order valence-corrected chi connectivity index (χ1v) is 8.78. The summed E-state index contributed by atoms with van der Waals surface area (Å²) in [5, 5.41) is 0. The molecule has 0 N–H and O–H groups in total. The molecule has 1 aromatic carbocycles. The third-order valence-electron chi connectivity index (χ3n) is 4.81. The topological polar surface area (TPSA) is 108 Å². The number of hydrogen-bond donors (Lipinski definition) is 0. The van der Waals surface area contributed by atoms with Gasteiger partial charge in [-0.3, -0.25) is 0 Å². The van der Waals surface area contributed by atoms with Crippen LogP contribution in [-0.2, 0) is 38.1 Å². The van der Waals surface area contributed by atoms with Crippen LogP contribution in [0, 0.1) is 0 Å². The van der Waals surface area contributed by atoms with Gasteiger partial charge in [0.15, 0.2) is 6.04 Å². The minimum absolute atomic E-state index is 0.211. The van der Waals surface area contributed by atoms with Gasteiger partial charge in [-0.1, -0.05) is 24.3 Å². The third-order valence-corrected chi connectivity index (χ3v) is 4.81. The molecule has 156 valence electrons. The number of methoxy groups -OCH3 is 4. The van der Waals surface area contributed by atoms with Crippen LogP contribution in [0.5, 0.6) is 0 Å². The molecule has 0 radical (unpaired) electrons. The molecule has 0 amide bonds. The highest BCUT2D eigenvalue weighted by Gasteiger charge is 2.48. The van der Waals surface area contributed by atoms with E-state index >= 15 is 0 Å². The minimum atomic E-state index is -1.38. The van der Waals surface area contributed by atoms with Gasteiger partial charge in [0, 0.05) is 11.8 Å². The molecule has 0 fully saturated rings. The average Bonchev–Trinajstić information content (AvgIpc) is 2.79. The van der Waals surface area contributed by atoms with E-state index in [2.05, 4.69) is 0 Å². The maximum atomic E-state index is 12.8. The lowest BCUT2D eigenvalue weighted by Gasteiger charge is -2.39. The Bertz CT molecular complexity index is 1030. The number of benzene rings is 1. The summed E-state index contributed by atoms with van der Waals surface area (Å²) in [6, 6.07) is 5.67. The van der Waals surface area contributed by atoms with E-state index in [1.54, 1.807) is 30.3 Å². The Kier molecular flexibility index (Phi) is 5.72. The van der Waals surface area contributed by atoms with Crippen molar-refractivity contribution < 1.29 is 38.1 Å². The molecule has 1 atom stereocenters. The van der Waals surface area contributed by atoms with Crippen molar-refractivity contribution in [2.24, 2.45) is 0 Å². The van der Waals surface area contributed by atoms with Crippen molar-refractivity contribution in [1.82, 2.24) is 4.90 Å². The molecule has 0 saturated heterocycles. The summed E-state index contributed by atoms with van der Waals surface area (Å²) in [4.78, 5) is 52.4. The first-order chi connectivity index (χ1) is 14.4. The summed E-state index contributed by atoms with van der Waals surface area (Å²) < 4.78 is 19.4. The third kappa shape index (κ3) is 3.14. The molecular formula is C21H19NO8. The summed E-state index contributed by atoms with van der Waals surface area (Å²) in [5.41, 5.74) is 0.483. The molecule has 0 saturated carbocycles. The zero-order chi connectivity index (χ0) is 22.0. The molecule has 2 heterocycles. The van der Waals surface area contributed by atoms with Crippen molar-refractivity contribution in [2.45, 2.75) is 6.04 Å². The van der Waals surface area contributed by atoms with E-state index in [1.165, 1.54) is 11.1 Å². The molecule has 0 aliphatic carbocycles. The molecule has 0 spiro atoms. The van der Waals surface area contributed by atoms with E-state index in [1.807, 2.05) is 0 Å². The van der Waals surface area contributed by atoms with E-state index in [9.17, 15) is 19.2 Å². The first-order valence-electron chi connectivity index (χ1n) is 8.78. The SMILES string of the molecule is COC(=O)C1=C(C(=O)OC)C(C(=O)OC)N2C=Cc3ccccc3C2=C1C(=O)OC. The number of rotatable bonds is 4. The number of carbonyl (C=O) groups excluding carboxylic acids is 4. The Morgan fingerprint density at radius 2 is 1.40 bits per heavy atom. The second-order valence-electron chi connectivity index (χ2n) is 6.22. The first kappa shape index (κ1) is 20.8. The van der Waals surface area contributed by atoms with Crippen LogP contribution in [0.1, 0.15) is 11.1 Å². The Labute approximate surface area is 172 Å². The molecule has 9 nitrogen and oxygen atoms in total. The van der Waals surface area contributed by atoms with E-state index in [0.29, 0.717) is 5.56 Å². The summed E-state index contributed by atoms with van der Waals surface area (Å²) in [6.07, 6.45) is 3.24. The Morgan fingerprint density at radius 3 is 2.00 bits per heavy atom. The Balaban J connectivity index is 2.50. The van der Waals surface area contributed by atoms with Gasteiger partial charge in [-0.25, -0.2) is 19.2 Å². The minimum Gasteiger partial charge on any atom is -0.467 e. The van der Waals surface area contributed by atoms with Crippen molar-refractivity contribution >= 4 is 35.7 Å². The summed E-state index contributed by atoms with van der Waals surface area (Å²) in [6.45, 7) is 0. The lowest BCUT2D eigenvalue weighted by atomic mass is 9.83. The maximum absolute atomic E-state index is 12.8. The van der Waals surface area contributed by atoms with Crippen LogP contribution in [0.15, 0.2) is 47.2 Å². The molecule has 3 rings (SSSR count). The lowest BCUT2D eigenvalue weighted by Crippen LogP contribution is -2.47. The van der Waals surface area contributed by atoms with Gasteiger partial charge in [0.05, 0.1) is 50.9 Å². The van der Waals surface area contributed by atoms with Gasteiger partial charge in [-0.05, 0) is 11.6 Å². The lowest BCUT2D eigenvalue weighted by molar-refractivity contribution is -0.148. The molecule has 0 aromatic heterocycles. The highest BCUT2D eigenvalue weighted by molar-refractivity contribution is 6.19. The zero-order valence-electron chi connectivity index (χ0n) is 16.8. The van der Waals surface area contributed by atoms with E-state index in [-0.39, 0.29) is 16.8 Å². The fourth-order valence-electron chi connectivity index (χ4n) is 3.52. The molecule has 2 aliphatic heterocycles. The highest BCUT2D eigenvalue weighted by atomic mass is 16.5. The van der Waals surface area contributed by atoms with E-state index in [4.69, 9.17) is 18.9 Å². The number of esters is 4. The quantitative estimate of drug-likeness (QED) is 0.529. The van der Waals surface area contributed by atoms with Crippen molar-refractivity contribution in [3.63, 3.8) is 0 Å². The second kappa shape index (κ2) is 8.24.